The van der Waals surface area contributed by atoms with Crippen LogP contribution in [0.2, 0.25) is 0 Å². The van der Waals surface area contributed by atoms with Crippen molar-refractivity contribution >= 4 is 59.3 Å². The highest BCUT2D eigenvalue weighted by Crippen LogP contribution is 2.18. The first-order chi connectivity index (χ1) is 35.7. The van der Waals surface area contributed by atoms with E-state index in [4.69, 9.17) is 29.4 Å². The molecule has 0 heterocycles. The summed E-state index contributed by atoms with van der Waals surface area (Å²) in [5.74, 6) is -4.82. The van der Waals surface area contributed by atoms with Crippen molar-refractivity contribution in [1.29, 1.82) is 0 Å². The van der Waals surface area contributed by atoms with Gasteiger partial charge < -0.3 is 45.4 Å². The van der Waals surface area contributed by atoms with Crippen LogP contribution in [0.5, 0.6) is 0 Å². The van der Waals surface area contributed by atoms with E-state index in [1.165, 1.54) is 102 Å². The Hall–Kier alpha value is -3.93. The van der Waals surface area contributed by atoms with Gasteiger partial charge in [-0.15, -0.1) is 0 Å². The Bertz CT molecular complexity index is 1660. The van der Waals surface area contributed by atoms with E-state index in [0.717, 1.165) is 44.9 Å². The van der Waals surface area contributed by atoms with Crippen molar-refractivity contribution in [3.8, 4) is 0 Å². The molecular weight excluding hydrogens is 993 g/mol. The molecule has 0 unspecified atom stereocenters. The molecule has 442 valence electrons. The third-order valence-corrected chi connectivity index (χ3v) is 13.0. The van der Waals surface area contributed by atoms with Crippen LogP contribution in [0.15, 0.2) is 0 Å². The third kappa shape index (κ3) is 44.1. The van der Waals surface area contributed by atoms with Gasteiger partial charge in [0.25, 0.3) is 0 Å². The van der Waals surface area contributed by atoms with Crippen molar-refractivity contribution in [1.82, 2.24) is 16.0 Å². The molecule has 0 aromatic rings. The molecule has 4 atom stereocenters. The van der Waals surface area contributed by atoms with Gasteiger partial charge in [0.1, 0.15) is 41.6 Å². The number of thioether (sulfide) groups is 1. The molecule has 5 N–H and O–H groups in total. The molecular formula is C58H106N4O13S. The standard InChI is InChI=1S/C58H106N4O13S/c1-12-14-16-18-20-22-24-26-28-30-32-34-49(64)71-41-44(72-50(65)35-33-31-29-27-25-23-21-19-17-15-13-2)42-76-43-45(59)53(68)60-40-48(63)61-46(36-38-51(66)73-56(3,4)5)54(69)62-47(55(70)75-58(9,10)11)37-39-52(67)74-57(6,7)8/h44-47H,12-43,59H2,1-11H3,(H,60,68)(H,61,63)(H,62,69)/t44-,45+,46+,47+/m1/s1. The van der Waals surface area contributed by atoms with E-state index >= 15 is 0 Å². The van der Waals surface area contributed by atoms with Gasteiger partial charge in [0, 0.05) is 37.2 Å². The van der Waals surface area contributed by atoms with Crippen LogP contribution in [0, 0.1) is 0 Å². The van der Waals surface area contributed by atoms with Crippen LogP contribution in [0.1, 0.15) is 256 Å². The Kier molecular flexibility index (Phi) is 39.9. The molecule has 18 heteroatoms. The van der Waals surface area contributed by atoms with Crippen molar-refractivity contribution in [2.45, 2.75) is 297 Å². The second-order valence-electron chi connectivity index (χ2n) is 23.2. The molecule has 0 bridgehead atoms. The summed E-state index contributed by atoms with van der Waals surface area (Å²) in [6.45, 7) is 18.8. The number of hydrogen-bond acceptors (Lipinski definition) is 15. The SMILES string of the molecule is CCCCCCCCCCCCCC(=O)OC[C@H](CSC[C@H](N)C(=O)NCC(=O)N[C@@H](CCC(=O)OC(C)(C)C)C(=O)N[C@@H](CCC(=O)OC(C)(C)C)C(=O)OC(C)(C)C)OC(=O)CCCCCCCCCCCCC. The first kappa shape index (κ1) is 72.1. The predicted molar refractivity (Wildman–Crippen MR) is 301 cm³/mol. The second-order valence-corrected chi connectivity index (χ2v) is 24.3. The van der Waals surface area contributed by atoms with E-state index in [0.29, 0.717) is 6.42 Å². The Labute approximate surface area is 463 Å². The number of amides is 3. The number of carbonyl (C=O) groups is 8. The molecule has 0 aromatic carbocycles. The summed E-state index contributed by atoms with van der Waals surface area (Å²) in [4.78, 5) is 105. The van der Waals surface area contributed by atoms with Gasteiger partial charge in [-0.1, -0.05) is 142 Å². The van der Waals surface area contributed by atoms with Gasteiger partial charge in [0.15, 0.2) is 0 Å². The van der Waals surface area contributed by atoms with Crippen molar-refractivity contribution in [3.63, 3.8) is 0 Å². The van der Waals surface area contributed by atoms with Crippen molar-refractivity contribution in [2.24, 2.45) is 5.73 Å². The molecule has 0 rings (SSSR count). The number of ether oxygens (including phenoxy) is 5. The number of nitrogens with one attached hydrogen (secondary N) is 3. The van der Waals surface area contributed by atoms with Crippen molar-refractivity contribution < 1.29 is 62.0 Å². The van der Waals surface area contributed by atoms with Crippen LogP contribution in [-0.4, -0.2) is 113 Å². The maximum Gasteiger partial charge on any atom is 0.329 e. The van der Waals surface area contributed by atoms with Crippen LogP contribution < -0.4 is 21.7 Å². The van der Waals surface area contributed by atoms with Gasteiger partial charge in [-0.05, 0) is 88.0 Å². The highest BCUT2D eigenvalue weighted by atomic mass is 32.2. The van der Waals surface area contributed by atoms with Crippen LogP contribution in [0.3, 0.4) is 0 Å². The largest absolute Gasteiger partial charge is 0.462 e. The van der Waals surface area contributed by atoms with Crippen LogP contribution in [-0.2, 0) is 62.0 Å². The molecule has 0 aromatic heterocycles. The fraction of sp³-hybridized carbons (Fsp3) is 0.862. The molecule has 0 saturated carbocycles. The van der Waals surface area contributed by atoms with E-state index in [2.05, 4.69) is 29.8 Å². The van der Waals surface area contributed by atoms with E-state index < -0.39 is 83.2 Å². The molecule has 0 aliphatic rings. The number of unbranched alkanes of at least 4 members (excludes halogenated alkanes) is 20. The van der Waals surface area contributed by atoms with Gasteiger partial charge in [0.05, 0.1) is 12.6 Å². The predicted octanol–water partition coefficient (Wildman–Crippen LogP) is 10.6. The zero-order valence-electron chi connectivity index (χ0n) is 49.2. The van der Waals surface area contributed by atoms with E-state index in [-0.39, 0.29) is 68.6 Å². The quantitative estimate of drug-likeness (QED) is 0.0252. The average molecular weight is 1100 g/mol. The lowest BCUT2D eigenvalue weighted by atomic mass is 10.1. The average Bonchev–Trinajstić information content (AvgIpc) is 3.31. The lowest BCUT2D eigenvalue weighted by Gasteiger charge is -2.27. The number of carbonyl (C=O) groups excluding carboxylic acids is 8. The maximum absolute atomic E-state index is 13.8. The summed E-state index contributed by atoms with van der Waals surface area (Å²) < 4.78 is 27.7. The highest BCUT2D eigenvalue weighted by molar-refractivity contribution is 7.99. The number of nitrogens with two attached hydrogens (primary N) is 1. The number of esters is 5. The Morgan fingerprint density at radius 1 is 0.461 bits per heavy atom. The third-order valence-electron chi connectivity index (χ3n) is 11.8. The molecule has 0 fully saturated rings. The van der Waals surface area contributed by atoms with Crippen LogP contribution >= 0.6 is 11.8 Å². The summed E-state index contributed by atoms with van der Waals surface area (Å²) in [5, 5.41) is 7.58. The fourth-order valence-corrected chi connectivity index (χ4v) is 8.87. The molecule has 0 spiro atoms. The minimum absolute atomic E-state index is 0.0725. The van der Waals surface area contributed by atoms with Crippen molar-refractivity contribution in [2.75, 3.05) is 24.7 Å². The Balaban J connectivity index is 5.57. The lowest BCUT2D eigenvalue weighted by molar-refractivity contribution is -0.161. The van der Waals surface area contributed by atoms with Crippen LogP contribution in [0.4, 0.5) is 0 Å². The smallest absolute Gasteiger partial charge is 0.329 e. The summed E-state index contributed by atoms with van der Waals surface area (Å²) in [5.41, 5.74) is 3.69. The monoisotopic (exact) mass is 1100 g/mol. The molecule has 0 saturated heterocycles. The summed E-state index contributed by atoms with van der Waals surface area (Å²) >= 11 is 1.24. The van der Waals surface area contributed by atoms with Crippen LogP contribution in [0.25, 0.3) is 0 Å². The first-order valence-electron chi connectivity index (χ1n) is 29.0. The molecule has 0 aliphatic carbocycles. The van der Waals surface area contributed by atoms with E-state index in [1.807, 2.05) is 0 Å². The minimum atomic E-state index is -1.38. The van der Waals surface area contributed by atoms with Crippen molar-refractivity contribution in [3.05, 3.63) is 0 Å². The molecule has 17 nitrogen and oxygen atoms in total. The summed E-state index contributed by atoms with van der Waals surface area (Å²) in [7, 11) is 0. The van der Waals surface area contributed by atoms with Gasteiger partial charge in [-0.3, -0.25) is 33.6 Å². The zero-order chi connectivity index (χ0) is 57.4. The van der Waals surface area contributed by atoms with Gasteiger partial charge in [-0.25, -0.2) is 4.79 Å². The summed E-state index contributed by atoms with van der Waals surface area (Å²) in [6.07, 6.45) is 24.3. The topological polar surface area (TPSA) is 245 Å². The highest BCUT2D eigenvalue weighted by Gasteiger charge is 2.32. The molecule has 3 amide bonds. The normalized spacial score (nSPS) is 13.4. The Morgan fingerprint density at radius 2 is 0.868 bits per heavy atom. The fourth-order valence-electron chi connectivity index (χ4n) is 7.90. The first-order valence-corrected chi connectivity index (χ1v) is 30.1. The lowest BCUT2D eigenvalue weighted by Crippen LogP contribution is -2.54. The summed E-state index contributed by atoms with van der Waals surface area (Å²) in [6, 6.07) is -3.80. The number of hydrogen-bond donors (Lipinski definition) is 4. The maximum atomic E-state index is 13.8. The van der Waals surface area contributed by atoms with E-state index in [9.17, 15) is 38.4 Å². The van der Waals surface area contributed by atoms with Gasteiger partial charge in [-0.2, -0.15) is 11.8 Å². The molecule has 76 heavy (non-hydrogen) atoms. The zero-order valence-corrected chi connectivity index (χ0v) is 50.0. The van der Waals surface area contributed by atoms with Gasteiger partial charge >= 0.3 is 29.8 Å². The molecule has 0 aliphatic heterocycles. The van der Waals surface area contributed by atoms with E-state index in [1.54, 1.807) is 62.3 Å². The Morgan fingerprint density at radius 3 is 1.30 bits per heavy atom. The van der Waals surface area contributed by atoms with Gasteiger partial charge in [0.2, 0.25) is 17.7 Å². The molecule has 0 radical (unpaired) electrons. The minimum Gasteiger partial charge on any atom is -0.462 e. The second kappa shape index (κ2) is 42.1. The number of rotatable bonds is 44.